The summed E-state index contributed by atoms with van der Waals surface area (Å²) in [7, 11) is 0. The van der Waals surface area contributed by atoms with Crippen molar-refractivity contribution in [3.05, 3.63) is 34.3 Å². The summed E-state index contributed by atoms with van der Waals surface area (Å²) in [6.45, 7) is 0.476. The minimum Gasteiger partial charge on any atom is -0.377 e. The van der Waals surface area contributed by atoms with E-state index in [1.54, 1.807) is 0 Å². The van der Waals surface area contributed by atoms with Gasteiger partial charge in [0.15, 0.2) is 0 Å². The highest BCUT2D eigenvalue weighted by Gasteiger charge is 2.25. The highest BCUT2D eigenvalue weighted by Crippen LogP contribution is 2.21. The van der Waals surface area contributed by atoms with Crippen molar-refractivity contribution in [2.45, 2.75) is 25.6 Å². The maximum atomic E-state index is 11.8. The number of halogens is 4. The molecule has 1 aromatic rings. The fourth-order valence-electron chi connectivity index (χ4n) is 1.19. The van der Waals surface area contributed by atoms with Crippen LogP contribution < -0.4 is 0 Å². The zero-order valence-electron chi connectivity index (χ0n) is 8.56. The van der Waals surface area contributed by atoms with E-state index >= 15 is 0 Å². The van der Waals surface area contributed by atoms with E-state index in [1.807, 2.05) is 24.3 Å². The Hall–Kier alpha value is -0.550. The second-order valence-electron chi connectivity index (χ2n) is 3.40. The van der Waals surface area contributed by atoms with Gasteiger partial charge in [-0.2, -0.15) is 13.2 Å². The summed E-state index contributed by atoms with van der Waals surface area (Å²) in [4.78, 5) is 0. The molecule has 90 valence electrons. The summed E-state index contributed by atoms with van der Waals surface area (Å²) in [5, 5.41) is 0. The third kappa shape index (κ3) is 6.12. The lowest BCUT2D eigenvalue weighted by Crippen LogP contribution is -2.08. The van der Waals surface area contributed by atoms with Crippen LogP contribution in [0.1, 0.15) is 18.4 Å². The predicted molar refractivity (Wildman–Crippen MR) is 59.1 cm³/mol. The second kappa shape index (κ2) is 6.25. The topological polar surface area (TPSA) is 9.23 Å². The van der Waals surface area contributed by atoms with Gasteiger partial charge in [0.05, 0.1) is 6.61 Å². The molecule has 0 bridgehead atoms. The first-order valence-electron chi connectivity index (χ1n) is 4.86. The molecule has 0 aliphatic rings. The third-order valence-electron chi connectivity index (χ3n) is 1.91. The van der Waals surface area contributed by atoms with Crippen LogP contribution in [0.4, 0.5) is 13.2 Å². The Balaban J connectivity index is 2.17. The molecule has 1 nitrogen and oxygen atoms in total. The van der Waals surface area contributed by atoms with Gasteiger partial charge < -0.3 is 4.74 Å². The fraction of sp³-hybridized carbons (Fsp3) is 0.455. The summed E-state index contributed by atoms with van der Waals surface area (Å²) in [6.07, 6.45) is -4.86. The Morgan fingerprint density at radius 2 is 2.00 bits per heavy atom. The molecule has 0 aliphatic carbocycles. The van der Waals surface area contributed by atoms with Gasteiger partial charge in [0.1, 0.15) is 0 Å². The molecule has 0 N–H and O–H groups in total. The van der Waals surface area contributed by atoms with E-state index in [-0.39, 0.29) is 13.0 Å². The number of ether oxygens (including phenoxy) is 1. The molecule has 5 heteroatoms. The summed E-state index contributed by atoms with van der Waals surface area (Å²) in [6, 6.07) is 7.49. The van der Waals surface area contributed by atoms with E-state index in [0.29, 0.717) is 6.61 Å². The van der Waals surface area contributed by atoms with Gasteiger partial charge in [0, 0.05) is 17.5 Å². The zero-order valence-corrected chi connectivity index (χ0v) is 10.1. The van der Waals surface area contributed by atoms with Crippen LogP contribution in [0.15, 0.2) is 28.7 Å². The molecule has 0 fully saturated rings. The maximum Gasteiger partial charge on any atom is 0.389 e. The molecule has 0 aromatic heterocycles. The average molecular weight is 297 g/mol. The minimum absolute atomic E-state index is 0.0114. The Labute approximate surface area is 101 Å². The van der Waals surface area contributed by atoms with E-state index in [9.17, 15) is 13.2 Å². The first-order chi connectivity index (χ1) is 7.47. The van der Waals surface area contributed by atoms with E-state index in [0.717, 1.165) is 10.0 Å². The summed E-state index contributed by atoms with van der Waals surface area (Å²) >= 11 is 3.31. The molecule has 0 saturated heterocycles. The van der Waals surface area contributed by atoms with E-state index in [1.165, 1.54) is 0 Å². The van der Waals surface area contributed by atoms with Crippen molar-refractivity contribution in [2.24, 2.45) is 0 Å². The summed E-state index contributed by atoms with van der Waals surface area (Å²) < 4.78 is 41.5. The van der Waals surface area contributed by atoms with Gasteiger partial charge in [-0.05, 0) is 24.1 Å². The lowest BCUT2D eigenvalue weighted by Gasteiger charge is -2.07. The number of hydrogen-bond acceptors (Lipinski definition) is 1. The molecule has 0 unspecified atom stereocenters. The second-order valence-corrected chi connectivity index (χ2v) is 4.32. The van der Waals surface area contributed by atoms with E-state index < -0.39 is 12.6 Å². The van der Waals surface area contributed by atoms with Crippen LogP contribution >= 0.6 is 15.9 Å². The SMILES string of the molecule is FC(F)(F)CCCOCc1cccc(Br)c1. The van der Waals surface area contributed by atoms with Crippen molar-refractivity contribution in [1.82, 2.24) is 0 Å². The smallest absolute Gasteiger partial charge is 0.377 e. The fourth-order valence-corrected chi connectivity index (χ4v) is 1.64. The molecular weight excluding hydrogens is 285 g/mol. The summed E-state index contributed by atoms with van der Waals surface area (Å²) in [5.41, 5.74) is 0.946. The van der Waals surface area contributed by atoms with Crippen molar-refractivity contribution in [3.8, 4) is 0 Å². The van der Waals surface area contributed by atoms with Gasteiger partial charge in [0.25, 0.3) is 0 Å². The monoisotopic (exact) mass is 296 g/mol. The van der Waals surface area contributed by atoms with Gasteiger partial charge in [0.2, 0.25) is 0 Å². The van der Waals surface area contributed by atoms with Gasteiger partial charge >= 0.3 is 6.18 Å². The van der Waals surface area contributed by atoms with E-state index in [4.69, 9.17) is 4.74 Å². The Morgan fingerprint density at radius 1 is 1.25 bits per heavy atom. The van der Waals surface area contributed by atoms with Crippen molar-refractivity contribution in [1.29, 1.82) is 0 Å². The molecule has 0 radical (unpaired) electrons. The van der Waals surface area contributed by atoms with Gasteiger partial charge in [-0.25, -0.2) is 0 Å². The molecule has 0 saturated carbocycles. The zero-order chi connectivity index (χ0) is 12.0. The van der Waals surface area contributed by atoms with Gasteiger partial charge in [-0.1, -0.05) is 28.1 Å². The first kappa shape index (κ1) is 13.5. The number of hydrogen-bond donors (Lipinski definition) is 0. The molecule has 0 atom stereocenters. The highest BCUT2D eigenvalue weighted by molar-refractivity contribution is 9.10. The highest BCUT2D eigenvalue weighted by atomic mass is 79.9. The van der Waals surface area contributed by atoms with Crippen molar-refractivity contribution in [3.63, 3.8) is 0 Å². The molecule has 16 heavy (non-hydrogen) atoms. The molecule has 0 spiro atoms. The van der Waals surface area contributed by atoms with Crippen LogP contribution in [0.2, 0.25) is 0 Å². The number of rotatable bonds is 5. The minimum atomic E-state index is -4.08. The Bertz CT molecular complexity index is 325. The molecule has 0 amide bonds. The van der Waals surface area contributed by atoms with E-state index in [2.05, 4.69) is 15.9 Å². The molecule has 1 rings (SSSR count). The standard InChI is InChI=1S/C11H12BrF3O/c12-10-4-1-3-9(7-10)8-16-6-2-5-11(13,14)15/h1,3-4,7H,2,5-6,8H2. The lowest BCUT2D eigenvalue weighted by atomic mass is 10.2. The van der Waals surface area contributed by atoms with Gasteiger partial charge in [-0.3, -0.25) is 0 Å². The van der Waals surface area contributed by atoms with Crippen LogP contribution in [0.25, 0.3) is 0 Å². The largest absolute Gasteiger partial charge is 0.389 e. The van der Waals surface area contributed by atoms with Crippen LogP contribution in [0, 0.1) is 0 Å². The molecular formula is C11H12BrF3O. The average Bonchev–Trinajstić information content (AvgIpc) is 2.15. The third-order valence-corrected chi connectivity index (χ3v) is 2.40. The Kier molecular flexibility index (Phi) is 5.28. The van der Waals surface area contributed by atoms with Crippen molar-refractivity contribution in [2.75, 3.05) is 6.61 Å². The van der Waals surface area contributed by atoms with Crippen LogP contribution in [0.3, 0.4) is 0 Å². The summed E-state index contributed by atoms with van der Waals surface area (Å²) in [5.74, 6) is 0. The molecule has 0 heterocycles. The van der Waals surface area contributed by atoms with Crippen LogP contribution in [-0.4, -0.2) is 12.8 Å². The normalized spacial score (nSPS) is 11.8. The van der Waals surface area contributed by atoms with Crippen molar-refractivity contribution < 1.29 is 17.9 Å². The quantitative estimate of drug-likeness (QED) is 0.736. The Morgan fingerprint density at radius 3 is 2.62 bits per heavy atom. The lowest BCUT2D eigenvalue weighted by molar-refractivity contribution is -0.138. The first-order valence-corrected chi connectivity index (χ1v) is 5.65. The van der Waals surface area contributed by atoms with Crippen LogP contribution in [-0.2, 0) is 11.3 Å². The molecule has 1 aromatic carbocycles. The molecule has 0 aliphatic heterocycles. The van der Waals surface area contributed by atoms with Gasteiger partial charge in [-0.15, -0.1) is 0 Å². The predicted octanol–water partition coefficient (Wildman–Crippen LogP) is 4.31. The van der Waals surface area contributed by atoms with Crippen molar-refractivity contribution >= 4 is 15.9 Å². The maximum absolute atomic E-state index is 11.8. The van der Waals surface area contributed by atoms with Crippen LogP contribution in [0.5, 0.6) is 0 Å². The number of alkyl halides is 3. The number of benzene rings is 1.